The second kappa shape index (κ2) is 5.50. The van der Waals surface area contributed by atoms with Crippen molar-refractivity contribution in [3.05, 3.63) is 54.3 Å². The summed E-state index contributed by atoms with van der Waals surface area (Å²) < 4.78 is 1.62. The molecule has 0 saturated heterocycles. The highest BCUT2D eigenvalue weighted by atomic mass is 79.9. The Morgan fingerprint density at radius 3 is 1.94 bits per heavy atom. The number of hydrogen-bond donors (Lipinski definition) is 0. The normalized spacial score (nSPS) is 10.6. The lowest BCUT2D eigenvalue weighted by Crippen LogP contribution is -1.81. The molecule has 0 nitrogen and oxygen atoms in total. The standard InChI is InChI=1S/C12H5Br2Cl3/c13-8-3-6(1-2-10(8)15)7-4-9(14)12(17)11(16)5-7/h1-5H. The quantitative estimate of drug-likeness (QED) is 0.448. The smallest absolute Gasteiger partial charge is 0.0734 e. The molecule has 0 atom stereocenters. The SMILES string of the molecule is Clc1ccc(-c2cc(Cl)c(Cl)c(Br)c2)cc1Br. The van der Waals surface area contributed by atoms with E-state index in [2.05, 4.69) is 31.9 Å². The van der Waals surface area contributed by atoms with Crippen molar-refractivity contribution in [1.82, 2.24) is 0 Å². The first-order valence-electron chi connectivity index (χ1n) is 4.59. The molecule has 0 heterocycles. The van der Waals surface area contributed by atoms with Crippen molar-refractivity contribution in [2.75, 3.05) is 0 Å². The summed E-state index contributed by atoms with van der Waals surface area (Å²) in [5.41, 5.74) is 1.99. The minimum absolute atomic E-state index is 0.516. The lowest BCUT2D eigenvalue weighted by molar-refractivity contribution is 1.57. The van der Waals surface area contributed by atoms with Crippen LogP contribution in [-0.4, -0.2) is 0 Å². The molecule has 2 aromatic carbocycles. The summed E-state index contributed by atoms with van der Waals surface area (Å²) in [7, 11) is 0. The van der Waals surface area contributed by atoms with Gasteiger partial charge in [0.1, 0.15) is 0 Å². The molecule has 2 aromatic rings. The predicted molar refractivity (Wildman–Crippen MR) is 82.3 cm³/mol. The van der Waals surface area contributed by atoms with Gasteiger partial charge in [-0.1, -0.05) is 40.9 Å². The topological polar surface area (TPSA) is 0 Å². The number of halogens is 5. The Kier molecular flexibility index (Phi) is 4.43. The fourth-order valence-corrected chi connectivity index (χ4v) is 2.80. The largest absolute Gasteiger partial charge is 0.0831 e. The van der Waals surface area contributed by atoms with Crippen LogP contribution in [-0.2, 0) is 0 Å². The van der Waals surface area contributed by atoms with Crippen LogP contribution >= 0.6 is 66.7 Å². The number of rotatable bonds is 1. The Bertz CT molecular complexity index is 559. The Labute approximate surface area is 131 Å². The third-order valence-corrected chi connectivity index (χ3v) is 5.11. The van der Waals surface area contributed by atoms with Crippen LogP contribution in [0.25, 0.3) is 11.1 Å². The van der Waals surface area contributed by atoms with E-state index < -0.39 is 0 Å². The molecule has 0 aliphatic heterocycles. The van der Waals surface area contributed by atoms with Crippen molar-refractivity contribution in [3.63, 3.8) is 0 Å². The average molecular weight is 415 g/mol. The molecule has 0 aliphatic carbocycles. The van der Waals surface area contributed by atoms with Gasteiger partial charge in [0.2, 0.25) is 0 Å². The van der Waals surface area contributed by atoms with E-state index in [1.165, 1.54) is 0 Å². The van der Waals surface area contributed by atoms with E-state index in [1.54, 1.807) is 0 Å². The second-order valence-corrected chi connectivity index (χ2v) is 6.28. The average Bonchev–Trinajstić information content (AvgIpc) is 2.29. The van der Waals surface area contributed by atoms with Gasteiger partial charge in [0.25, 0.3) is 0 Å². The molecule has 17 heavy (non-hydrogen) atoms. The lowest BCUT2D eigenvalue weighted by Gasteiger charge is -2.07. The molecular weight excluding hydrogens is 410 g/mol. The Morgan fingerprint density at radius 2 is 1.35 bits per heavy atom. The highest BCUT2D eigenvalue weighted by Gasteiger charge is 2.08. The Hall–Kier alpha value is 0.270. The van der Waals surface area contributed by atoms with Crippen molar-refractivity contribution < 1.29 is 0 Å². The van der Waals surface area contributed by atoms with Gasteiger partial charge in [-0.05, 0) is 67.3 Å². The zero-order valence-corrected chi connectivity index (χ0v) is 13.7. The van der Waals surface area contributed by atoms with Crippen LogP contribution in [0.5, 0.6) is 0 Å². The second-order valence-electron chi connectivity index (χ2n) is 3.38. The van der Waals surface area contributed by atoms with E-state index in [0.717, 1.165) is 20.1 Å². The molecule has 0 N–H and O–H groups in total. The summed E-state index contributed by atoms with van der Waals surface area (Å²) >= 11 is 24.7. The highest BCUT2D eigenvalue weighted by Crippen LogP contribution is 2.36. The first-order valence-corrected chi connectivity index (χ1v) is 7.31. The van der Waals surface area contributed by atoms with Gasteiger partial charge >= 0.3 is 0 Å². The number of benzene rings is 2. The van der Waals surface area contributed by atoms with Crippen molar-refractivity contribution in [3.8, 4) is 11.1 Å². The van der Waals surface area contributed by atoms with Crippen LogP contribution in [0.2, 0.25) is 15.1 Å². The van der Waals surface area contributed by atoms with Crippen LogP contribution < -0.4 is 0 Å². The summed E-state index contributed by atoms with van der Waals surface area (Å²) in [6.45, 7) is 0. The molecule has 0 radical (unpaired) electrons. The van der Waals surface area contributed by atoms with Crippen molar-refractivity contribution in [1.29, 1.82) is 0 Å². The molecule has 0 spiro atoms. The van der Waals surface area contributed by atoms with Gasteiger partial charge in [-0.15, -0.1) is 0 Å². The maximum Gasteiger partial charge on any atom is 0.0734 e. The fourth-order valence-electron chi connectivity index (χ4n) is 1.40. The van der Waals surface area contributed by atoms with E-state index in [4.69, 9.17) is 34.8 Å². The van der Waals surface area contributed by atoms with Gasteiger partial charge in [-0.25, -0.2) is 0 Å². The maximum absolute atomic E-state index is 6.04. The van der Waals surface area contributed by atoms with Crippen LogP contribution in [0.3, 0.4) is 0 Å². The predicted octanol–water partition coefficient (Wildman–Crippen LogP) is 6.84. The molecule has 5 heteroatoms. The van der Waals surface area contributed by atoms with E-state index >= 15 is 0 Å². The van der Waals surface area contributed by atoms with Gasteiger partial charge in [0, 0.05) is 8.95 Å². The van der Waals surface area contributed by atoms with Gasteiger partial charge in [0.15, 0.2) is 0 Å². The Balaban J connectivity index is 2.57. The summed E-state index contributed by atoms with van der Waals surface area (Å²) in [5, 5.41) is 1.71. The summed E-state index contributed by atoms with van der Waals surface area (Å²) in [4.78, 5) is 0. The minimum Gasteiger partial charge on any atom is -0.0831 e. The van der Waals surface area contributed by atoms with Crippen molar-refractivity contribution >= 4 is 66.7 Å². The van der Waals surface area contributed by atoms with E-state index in [0.29, 0.717) is 15.1 Å². The highest BCUT2D eigenvalue weighted by molar-refractivity contribution is 9.10. The van der Waals surface area contributed by atoms with Gasteiger partial charge in [0.05, 0.1) is 15.1 Å². The molecule has 2 rings (SSSR count). The van der Waals surface area contributed by atoms with Crippen LogP contribution in [0, 0.1) is 0 Å². The fraction of sp³-hybridized carbons (Fsp3) is 0. The molecular formula is C12H5Br2Cl3. The summed E-state index contributed by atoms with van der Waals surface area (Å²) in [6, 6.07) is 9.44. The molecule has 0 bridgehead atoms. The van der Waals surface area contributed by atoms with Gasteiger partial charge < -0.3 is 0 Å². The van der Waals surface area contributed by atoms with Crippen LogP contribution in [0.4, 0.5) is 0 Å². The molecule has 0 amide bonds. The summed E-state index contributed by atoms with van der Waals surface area (Å²) in [6.07, 6.45) is 0. The van der Waals surface area contributed by atoms with Crippen molar-refractivity contribution in [2.24, 2.45) is 0 Å². The molecule has 0 unspecified atom stereocenters. The van der Waals surface area contributed by atoms with E-state index in [9.17, 15) is 0 Å². The molecule has 0 aromatic heterocycles. The third kappa shape index (κ3) is 2.99. The zero-order chi connectivity index (χ0) is 12.6. The zero-order valence-electron chi connectivity index (χ0n) is 8.28. The monoisotopic (exact) mass is 412 g/mol. The van der Waals surface area contributed by atoms with Crippen LogP contribution in [0.1, 0.15) is 0 Å². The van der Waals surface area contributed by atoms with E-state index in [-0.39, 0.29) is 0 Å². The minimum atomic E-state index is 0.516. The van der Waals surface area contributed by atoms with Gasteiger partial charge in [-0.3, -0.25) is 0 Å². The molecule has 0 fully saturated rings. The van der Waals surface area contributed by atoms with Crippen molar-refractivity contribution in [2.45, 2.75) is 0 Å². The molecule has 0 aliphatic rings. The number of hydrogen-bond acceptors (Lipinski definition) is 0. The van der Waals surface area contributed by atoms with Crippen LogP contribution in [0.15, 0.2) is 39.3 Å². The van der Waals surface area contributed by atoms with E-state index in [1.807, 2.05) is 30.3 Å². The lowest BCUT2D eigenvalue weighted by atomic mass is 10.1. The molecule has 88 valence electrons. The maximum atomic E-state index is 6.04. The first kappa shape index (κ1) is 13.7. The summed E-state index contributed by atoms with van der Waals surface area (Å²) in [5.74, 6) is 0. The first-order chi connectivity index (χ1) is 7.99. The third-order valence-electron chi connectivity index (χ3n) is 2.24. The Morgan fingerprint density at radius 1 is 0.706 bits per heavy atom. The van der Waals surface area contributed by atoms with Gasteiger partial charge in [-0.2, -0.15) is 0 Å². The molecule has 0 saturated carbocycles.